The van der Waals surface area contributed by atoms with Gasteiger partial charge in [-0.3, -0.25) is 9.89 Å². The van der Waals surface area contributed by atoms with E-state index in [-0.39, 0.29) is 21.6 Å². The van der Waals surface area contributed by atoms with Gasteiger partial charge in [0.15, 0.2) is 0 Å². The Morgan fingerprint density at radius 2 is 2.07 bits per heavy atom. The van der Waals surface area contributed by atoms with Crippen molar-refractivity contribution in [2.24, 2.45) is 0 Å². The number of aryl methyl sites for hydroxylation is 1. The van der Waals surface area contributed by atoms with Crippen LogP contribution in [0.25, 0.3) is 0 Å². The molecule has 1 aromatic carbocycles. The van der Waals surface area contributed by atoms with Crippen LogP contribution in [0.5, 0.6) is 0 Å². The van der Waals surface area contributed by atoms with E-state index in [4.69, 9.17) is 11.6 Å². The normalized spacial score (nSPS) is 15.6. The van der Waals surface area contributed by atoms with Gasteiger partial charge in [-0.15, -0.1) is 5.10 Å². The summed E-state index contributed by atoms with van der Waals surface area (Å²) in [5.74, 6) is 0.489. The fraction of sp³-hybridized carbons (Fsp3) is 0.438. The molecule has 8 nitrogen and oxygen atoms in total. The number of aromatic amines is 1. The number of benzene rings is 1. The predicted molar refractivity (Wildman–Crippen MR) is 105 cm³/mol. The van der Waals surface area contributed by atoms with Gasteiger partial charge in [0.25, 0.3) is 0 Å². The van der Waals surface area contributed by atoms with Crippen molar-refractivity contribution in [3.63, 3.8) is 0 Å². The average Bonchev–Trinajstić information content (AvgIpc) is 3.07. The van der Waals surface area contributed by atoms with Crippen LogP contribution < -0.4 is 5.32 Å². The monoisotopic (exact) mass is 429 g/mol. The Balaban J connectivity index is 1.69. The number of carbonyl (C=O) groups is 1. The van der Waals surface area contributed by atoms with Gasteiger partial charge in [0, 0.05) is 18.8 Å². The van der Waals surface area contributed by atoms with Crippen molar-refractivity contribution in [1.29, 1.82) is 0 Å². The molecular formula is C16H20ClN5O3S2. The molecule has 2 N–H and O–H groups in total. The molecule has 1 amide bonds. The minimum atomic E-state index is -3.68. The van der Waals surface area contributed by atoms with Crippen LogP contribution in [0.3, 0.4) is 0 Å². The number of carbonyl (C=O) groups excluding carboxylic acids is 1. The van der Waals surface area contributed by atoms with Crippen LogP contribution in [0.2, 0.25) is 5.02 Å². The van der Waals surface area contributed by atoms with E-state index in [0.29, 0.717) is 29.8 Å². The van der Waals surface area contributed by atoms with Crippen LogP contribution in [-0.2, 0) is 14.8 Å². The summed E-state index contributed by atoms with van der Waals surface area (Å²) in [6, 6.07) is 4.47. The third-order valence-corrected chi connectivity index (χ3v) is 7.28. The number of nitrogens with one attached hydrogen (secondary N) is 2. The number of H-pyrrole nitrogens is 1. The number of hydrogen-bond acceptors (Lipinski definition) is 6. The van der Waals surface area contributed by atoms with Gasteiger partial charge >= 0.3 is 0 Å². The van der Waals surface area contributed by atoms with Gasteiger partial charge in [-0.25, -0.2) is 13.4 Å². The molecule has 1 aromatic heterocycles. The highest BCUT2D eigenvalue weighted by Crippen LogP contribution is 2.29. The number of anilines is 1. The highest BCUT2D eigenvalue weighted by atomic mass is 35.5. The van der Waals surface area contributed by atoms with E-state index in [0.717, 1.165) is 19.3 Å². The van der Waals surface area contributed by atoms with Crippen LogP contribution in [0, 0.1) is 6.92 Å². The van der Waals surface area contributed by atoms with Crippen molar-refractivity contribution >= 4 is 45.0 Å². The van der Waals surface area contributed by atoms with Crippen molar-refractivity contribution < 1.29 is 13.2 Å². The third kappa shape index (κ3) is 5.01. The molecule has 146 valence electrons. The van der Waals surface area contributed by atoms with E-state index < -0.39 is 10.0 Å². The van der Waals surface area contributed by atoms with Crippen LogP contribution in [-0.4, -0.2) is 52.7 Å². The Bertz CT molecular complexity index is 926. The molecule has 1 saturated heterocycles. The Morgan fingerprint density at radius 3 is 2.74 bits per heavy atom. The van der Waals surface area contributed by atoms with E-state index in [1.807, 2.05) is 0 Å². The Kier molecular flexibility index (Phi) is 6.40. The molecule has 1 fully saturated rings. The lowest BCUT2D eigenvalue weighted by Gasteiger charge is -2.26. The second kappa shape index (κ2) is 8.59. The topological polar surface area (TPSA) is 108 Å². The lowest BCUT2D eigenvalue weighted by Crippen LogP contribution is -2.35. The number of amides is 1. The molecule has 0 spiro atoms. The smallest absolute Gasteiger partial charge is 0.244 e. The number of nitrogens with zero attached hydrogens (tertiary/aromatic N) is 3. The van der Waals surface area contributed by atoms with Crippen LogP contribution in [0.1, 0.15) is 25.1 Å². The summed E-state index contributed by atoms with van der Waals surface area (Å²) in [4.78, 5) is 16.3. The van der Waals surface area contributed by atoms with Crippen LogP contribution in [0.15, 0.2) is 28.3 Å². The second-order valence-corrected chi connectivity index (χ2v) is 9.41. The number of rotatable bonds is 6. The van der Waals surface area contributed by atoms with Crippen LogP contribution >= 0.6 is 23.4 Å². The maximum absolute atomic E-state index is 12.9. The number of sulfonamides is 1. The van der Waals surface area contributed by atoms with Crippen molar-refractivity contribution in [2.75, 3.05) is 24.2 Å². The molecule has 2 heterocycles. The number of hydrogen-bond donors (Lipinski definition) is 2. The molecule has 0 radical (unpaired) electrons. The van der Waals surface area contributed by atoms with E-state index in [1.165, 1.54) is 28.2 Å². The average molecular weight is 430 g/mol. The van der Waals surface area contributed by atoms with E-state index in [2.05, 4.69) is 20.5 Å². The number of aromatic nitrogens is 3. The van der Waals surface area contributed by atoms with Crippen LogP contribution in [0.4, 0.5) is 5.69 Å². The summed E-state index contributed by atoms with van der Waals surface area (Å²) < 4.78 is 27.2. The van der Waals surface area contributed by atoms with E-state index in [1.54, 1.807) is 13.0 Å². The maximum Gasteiger partial charge on any atom is 0.244 e. The summed E-state index contributed by atoms with van der Waals surface area (Å²) in [6.07, 6.45) is 2.70. The molecule has 27 heavy (non-hydrogen) atoms. The zero-order valence-corrected chi connectivity index (χ0v) is 17.1. The predicted octanol–water partition coefficient (Wildman–Crippen LogP) is 2.67. The maximum atomic E-state index is 12.9. The van der Waals surface area contributed by atoms with E-state index >= 15 is 0 Å². The number of piperidine rings is 1. The molecule has 2 aromatic rings. The van der Waals surface area contributed by atoms with Gasteiger partial charge in [-0.05, 0) is 38.0 Å². The summed E-state index contributed by atoms with van der Waals surface area (Å²) in [5.41, 5.74) is 0.381. The van der Waals surface area contributed by atoms with Crippen molar-refractivity contribution in [2.45, 2.75) is 36.2 Å². The first-order valence-corrected chi connectivity index (χ1v) is 11.3. The largest absolute Gasteiger partial charge is 0.325 e. The quantitative estimate of drug-likeness (QED) is 0.683. The lowest BCUT2D eigenvalue weighted by atomic mass is 10.2. The molecule has 0 bridgehead atoms. The summed E-state index contributed by atoms with van der Waals surface area (Å²) >= 11 is 7.32. The Hall–Kier alpha value is -1.62. The van der Waals surface area contributed by atoms with Gasteiger partial charge < -0.3 is 5.32 Å². The highest BCUT2D eigenvalue weighted by molar-refractivity contribution is 7.99. The summed E-state index contributed by atoms with van der Waals surface area (Å²) in [5, 5.41) is 9.97. The van der Waals surface area contributed by atoms with Gasteiger partial charge in [0.05, 0.1) is 10.8 Å². The fourth-order valence-electron chi connectivity index (χ4n) is 2.74. The fourth-order valence-corrected chi connectivity index (χ4v) is 5.40. The summed E-state index contributed by atoms with van der Waals surface area (Å²) in [7, 11) is -3.68. The molecule has 3 rings (SSSR count). The minimum absolute atomic E-state index is 0.0149. The number of thioether (sulfide) groups is 1. The molecule has 11 heteroatoms. The summed E-state index contributed by atoms with van der Waals surface area (Å²) in [6.45, 7) is 2.75. The Morgan fingerprint density at radius 1 is 1.33 bits per heavy atom. The van der Waals surface area contributed by atoms with Crippen molar-refractivity contribution in [3.8, 4) is 0 Å². The molecule has 1 aliphatic rings. The van der Waals surface area contributed by atoms with Gasteiger partial charge in [0.1, 0.15) is 10.7 Å². The van der Waals surface area contributed by atoms with Gasteiger partial charge in [0.2, 0.25) is 21.1 Å². The first kappa shape index (κ1) is 20.1. The molecule has 0 unspecified atom stereocenters. The highest BCUT2D eigenvalue weighted by Gasteiger charge is 2.28. The second-order valence-electron chi connectivity index (χ2n) is 6.15. The van der Waals surface area contributed by atoms with Gasteiger partial charge in [-0.2, -0.15) is 4.31 Å². The minimum Gasteiger partial charge on any atom is -0.325 e. The van der Waals surface area contributed by atoms with Crippen molar-refractivity contribution in [3.05, 3.63) is 29.0 Å². The molecular weight excluding hydrogens is 410 g/mol. The number of halogens is 1. The lowest BCUT2D eigenvalue weighted by molar-refractivity contribution is -0.113. The third-order valence-electron chi connectivity index (χ3n) is 4.06. The van der Waals surface area contributed by atoms with E-state index in [9.17, 15) is 13.2 Å². The van der Waals surface area contributed by atoms with Crippen molar-refractivity contribution in [1.82, 2.24) is 19.5 Å². The SMILES string of the molecule is Cc1nc(SCC(=O)Nc2ccc(Cl)c(S(=O)(=O)N3CCCCC3)c2)n[nH]1. The zero-order valence-electron chi connectivity index (χ0n) is 14.7. The molecule has 1 aliphatic heterocycles. The molecule has 0 aliphatic carbocycles. The Labute approximate surface area is 167 Å². The first-order chi connectivity index (χ1) is 12.9. The zero-order chi connectivity index (χ0) is 19.4. The standard InChI is InChI=1S/C16H20ClN5O3S2/c1-11-18-16(21-20-11)26-10-15(23)19-12-5-6-13(17)14(9-12)27(24,25)22-7-3-2-4-8-22/h5-6,9H,2-4,7-8,10H2,1H3,(H,19,23)(H,18,20,21). The molecule has 0 saturated carbocycles. The van der Waals surface area contributed by atoms with Gasteiger partial charge in [-0.1, -0.05) is 29.8 Å². The molecule has 0 atom stereocenters. The first-order valence-electron chi connectivity index (χ1n) is 8.47.